The number of aromatic nitrogens is 3. The van der Waals surface area contributed by atoms with Gasteiger partial charge in [0.1, 0.15) is 5.65 Å². The number of hydrogen-bond donors (Lipinski definition) is 2. The first kappa shape index (κ1) is 10.5. The van der Waals surface area contributed by atoms with Gasteiger partial charge < -0.3 is 14.6 Å². The molecule has 0 spiro atoms. The van der Waals surface area contributed by atoms with E-state index in [0.717, 1.165) is 10.9 Å². The van der Waals surface area contributed by atoms with Gasteiger partial charge in [-0.25, -0.2) is 9.78 Å². The van der Waals surface area contributed by atoms with E-state index >= 15 is 0 Å². The van der Waals surface area contributed by atoms with E-state index in [-0.39, 0.29) is 5.76 Å². The number of nitrogens with one attached hydrogen (secondary N) is 1. The molecule has 3 aromatic heterocycles. The maximum absolute atomic E-state index is 11.1. The minimum atomic E-state index is -1.14. The Balaban J connectivity index is 2.33. The van der Waals surface area contributed by atoms with Crippen LogP contribution in [0.4, 0.5) is 0 Å². The van der Waals surface area contributed by atoms with Crippen molar-refractivity contribution in [3.05, 3.63) is 36.0 Å². The van der Waals surface area contributed by atoms with Crippen LogP contribution in [-0.4, -0.2) is 26.2 Å². The molecule has 90 valence electrons. The summed E-state index contributed by atoms with van der Waals surface area (Å²) in [6.45, 7) is 1.71. The van der Waals surface area contributed by atoms with E-state index in [4.69, 9.17) is 9.63 Å². The van der Waals surface area contributed by atoms with Crippen LogP contribution in [0.5, 0.6) is 0 Å². The van der Waals surface area contributed by atoms with Crippen molar-refractivity contribution in [2.24, 2.45) is 0 Å². The molecule has 3 heterocycles. The molecule has 0 fully saturated rings. The van der Waals surface area contributed by atoms with Gasteiger partial charge >= 0.3 is 5.97 Å². The highest BCUT2D eigenvalue weighted by Crippen LogP contribution is 2.32. The Bertz CT molecular complexity index is 742. The summed E-state index contributed by atoms with van der Waals surface area (Å²) >= 11 is 0. The second-order valence-electron chi connectivity index (χ2n) is 3.88. The SMILES string of the molecule is Cc1noc(C(=O)O)c1-c1c[nH]c2ncccc12. The lowest BCUT2D eigenvalue weighted by Crippen LogP contribution is -1.96. The molecule has 0 aliphatic carbocycles. The van der Waals surface area contributed by atoms with Crippen LogP contribution in [0.15, 0.2) is 29.0 Å². The van der Waals surface area contributed by atoms with Crippen LogP contribution < -0.4 is 0 Å². The van der Waals surface area contributed by atoms with Crippen molar-refractivity contribution in [2.45, 2.75) is 6.92 Å². The smallest absolute Gasteiger partial charge is 0.375 e. The molecule has 0 atom stereocenters. The van der Waals surface area contributed by atoms with Crippen LogP contribution >= 0.6 is 0 Å². The third-order valence-corrected chi connectivity index (χ3v) is 2.78. The molecule has 6 heteroatoms. The lowest BCUT2D eigenvalue weighted by atomic mass is 10.0. The fourth-order valence-electron chi connectivity index (χ4n) is 2.00. The van der Waals surface area contributed by atoms with E-state index in [2.05, 4.69) is 15.1 Å². The van der Waals surface area contributed by atoms with Crippen molar-refractivity contribution >= 4 is 17.0 Å². The van der Waals surface area contributed by atoms with Gasteiger partial charge in [0, 0.05) is 23.3 Å². The molecule has 0 saturated heterocycles. The number of carbonyl (C=O) groups is 1. The zero-order valence-electron chi connectivity index (χ0n) is 9.47. The number of carboxylic acid groups (broad SMARTS) is 1. The molecule has 2 N–H and O–H groups in total. The molecule has 0 aliphatic heterocycles. The monoisotopic (exact) mass is 243 g/mol. The van der Waals surface area contributed by atoms with Gasteiger partial charge in [-0.15, -0.1) is 0 Å². The number of carboxylic acids is 1. The third-order valence-electron chi connectivity index (χ3n) is 2.78. The Morgan fingerprint density at radius 3 is 3.11 bits per heavy atom. The van der Waals surface area contributed by atoms with Crippen molar-refractivity contribution in [1.82, 2.24) is 15.1 Å². The van der Waals surface area contributed by atoms with Gasteiger partial charge in [-0.05, 0) is 19.1 Å². The quantitative estimate of drug-likeness (QED) is 0.720. The predicted octanol–water partition coefficient (Wildman–Crippen LogP) is 2.22. The highest BCUT2D eigenvalue weighted by Gasteiger charge is 2.23. The number of aromatic carboxylic acids is 1. The number of hydrogen-bond acceptors (Lipinski definition) is 4. The van der Waals surface area contributed by atoms with E-state index < -0.39 is 5.97 Å². The summed E-state index contributed by atoms with van der Waals surface area (Å²) in [6, 6.07) is 3.66. The largest absolute Gasteiger partial charge is 0.475 e. The summed E-state index contributed by atoms with van der Waals surface area (Å²) in [5.74, 6) is -1.29. The second kappa shape index (κ2) is 3.69. The summed E-state index contributed by atoms with van der Waals surface area (Å²) in [7, 11) is 0. The average molecular weight is 243 g/mol. The maximum atomic E-state index is 11.1. The van der Waals surface area contributed by atoms with E-state index in [1.165, 1.54) is 0 Å². The molecule has 3 aromatic rings. The van der Waals surface area contributed by atoms with E-state index in [1.54, 1.807) is 25.4 Å². The van der Waals surface area contributed by atoms with Crippen LogP contribution in [0.25, 0.3) is 22.2 Å². The van der Waals surface area contributed by atoms with Crippen LogP contribution in [0, 0.1) is 6.92 Å². The van der Waals surface area contributed by atoms with Crippen LogP contribution in [0.1, 0.15) is 16.2 Å². The van der Waals surface area contributed by atoms with Crippen LogP contribution in [-0.2, 0) is 0 Å². The number of nitrogens with zero attached hydrogens (tertiary/aromatic N) is 2. The molecule has 0 aromatic carbocycles. The number of aromatic amines is 1. The number of aryl methyl sites for hydroxylation is 1. The molecule has 18 heavy (non-hydrogen) atoms. The molecular formula is C12H9N3O3. The van der Waals surface area contributed by atoms with Gasteiger partial charge in [0.25, 0.3) is 5.76 Å². The van der Waals surface area contributed by atoms with Crippen molar-refractivity contribution in [3.8, 4) is 11.1 Å². The summed E-state index contributed by atoms with van der Waals surface area (Å²) in [6.07, 6.45) is 3.38. The number of fused-ring (bicyclic) bond motifs is 1. The molecule has 3 rings (SSSR count). The summed E-state index contributed by atoms with van der Waals surface area (Å²) in [5, 5.41) is 13.6. The Hall–Kier alpha value is -2.63. The number of pyridine rings is 1. The molecule has 0 bridgehead atoms. The third kappa shape index (κ3) is 1.39. The van der Waals surface area contributed by atoms with E-state index in [9.17, 15) is 4.79 Å². The highest BCUT2D eigenvalue weighted by molar-refractivity contribution is 6.01. The zero-order valence-corrected chi connectivity index (χ0v) is 9.47. The fourth-order valence-corrected chi connectivity index (χ4v) is 2.00. The van der Waals surface area contributed by atoms with E-state index in [1.807, 2.05) is 6.07 Å². The molecule has 6 nitrogen and oxygen atoms in total. The summed E-state index contributed by atoms with van der Waals surface area (Å²) in [5.41, 5.74) is 2.46. The van der Waals surface area contributed by atoms with Gasteiger partial charge in [0.05, 0.1) is 11.3 Å². The van der Waals surface area contributed by atoms with Crippen molar-refractivity contribution in [3.63, 3.8) is 0 Å². The molecule has 0 radical (unpaired) electrons. The lowest BCUT2D eigenvalue weighted by molar-refractivity contribution is 0.0653. The minimum Gasteiger partial charge on any atom is -0.475 e. The summed E-state index contributed by atoms with van der Waals surface area (Å²) < 4.78 is 4.85. The Morgan fingerprint density at radius 2 is 2.33 bits per heavy atom. The topological polar surface area (TPSA) is 92.0 Å². The Labute approximate surface area is 101 Å². The Kier molecular flexibility index (Phi) is 2.16. The van der Waals surface area contributed by atoms with Gasteiger partial charge in [-0.3, -0.25) is 0 Å². The molecule has 0 aliphatic rings. The van der Waals surface area contributed by atoms with Gasteiger partial charge in [-0.2, -0.15) is 0 Å². The average Bonchev–Trinajstić information content (AvgIpc) is 2.92. The first-order valence-corrected chi connectivity index (χ1v) is 5.30. The fraction of sp³-hybridized carbons (Fsp3) is 0.0833. The lowest BCUT2D eigenvalue weighted by Gasteiger charge is -1.97. The van der Waals surface area contributed by atoms with Gasteiger partial charge in [0.2, 0.25) is 0 Å². The maximum Gasteiger partial charge on any atom is 0.375 e. The summed E-state index contributed by atoms with van der Waals surface area (Å²) in [4.78, 5) is 18.3. The number of H-pyrrole nitrogens is 1. The highest BCUT2D eigenvalue weighted by atomic mass is 16.5. The van der Waals surface area contributed by atoms with Crippen molar-refractivity contribution in [2.75, 3.05) is 0 Å². The minimum absolute atomic E-state index is 0.155. The first-order valence-electron chi connectivity index (χ1n) is 5.30. The van der Waals surface area contributed by atoms with Crippen LogP contribution in [0.3, 0.4) is 0 Å². The normalized spacial score (nSPS) is 10.9. The predicted molar refractivity (Wildman–Crippen MR) is 63.3 cm³/mol. The van der Waals surface area contributed by atoms with Gasteiger partial charge in [-0.1, -0.05) is 5.16 Å². The Morgan fingerprint density at radius 1 is 1.50 bits per heavy atom. The zero-order chi connectivity index (χ0) is 12.7. The van der Waals surface area contributed by atoms with Crippen LogP contribution in [0.2, 0.25) is 0 Å². The standard InChI is InChI=1S/C12H9N3O3/c1-6-9(10(12(16)17)18-15-6)8-5-14-11-7(8)3-2-4-13-11/h2-5H,1H3,(H,13,14)(H,16,17). The van der Waals surface area contributed by atoms with Crippen molar-refractivity contribution in [1.29, 1.82) is 0 Å². The van der Waals surface area contributed by atoms with Gasteiger partial charge in [0.15, 0.2) is 0 Å². The molecular weight excluding hydrogens is 234 g/mol. The molecule has 0 amide bonds. The van der Waals surface area contributed by atoms with Crippen molar-refractivity contribution < 1.29 is 14.4 Å². The van der Waals surface area contributed by atoms with E-state index in [0.29, 0.717) is 16.9 Å². The molecule has 0 unspecified atom stereocenters. The number of rotatable bonds is 2. The first-order chi connectivity index (χ1) is 8.68. The second-order valence-corrected chi connectivity index (χ2v) is 3.88. The molecule has 0 saturated carbocycles.